The Morgan fingerprint density at radius 2 is 2.11 bits per heavy atom. The molecule has 0 aliphatic rings. The first-order valence-corrected chi connectivity index (χ1v) is 5.66. The number of rotatable bonds is 5. The maximum atomic E-state index is 13.0. The lowest BCUT2D eigenvalue weighted by atomic mass is 10.0. The standard InChI is InChI=1S/C12H13ClFNO3/c1-7(2)15(6-16)11(12(17)18)8-3-4-10(14)9(13)5-8/h3-7,11H,1-2H3,(H,17,18). The van der Waals surface area contributed by atoms with E-state index in [9.17, 15) is 19.1 Å². The van der Waals surface area contributed by atoms with Crippen LogP contribution in [0.1, 0.15) is 25.5 Å². The molecule has 0 spiro atoms. The van der Waals surface area contributed by atoms with Crippen LogP contribution in [0.2, 0.25) is 5.02 Å². The van der Waals surface area contributed by atoms with E-state index in [1.807, 2.05) is 0 Å². The minimum absolute atomic E-state index is 0.173. The van der Waals surface area contributed by atoms with Crippen LogP contribution in [0.5, 0.6) is 0 Å². The summed E-state index contributed by atoms with van der Waals surface area (Å²) < 4.78 is 13.0. The molecule has 0 heterocycles. The first-order valence-electron chi connectivity index (χ1n) is 5.29. The molecule has 0 bridgehead atoms. The zero-order valence-corrected chi connectivity index (χ0v) is 10.7. The normalized spacial score (nSPS) is 12.3. The van der Waals surface area contributed by atoms with Crippen LogP contribution in [0.25, 0.3) is 0 Å². The van der Waals surface area contributed by atoms with Crippen LogP contribution in [0.4, 0.5) is 4.39 Å². The van der Waals surface area contributed by atoms with E-state index in [1.54, 1.807) is 13.8 Å². The molecule has 4 nitrogen and oxygen atoms in total. The fourth-order valence-electron chi connectivity index (χ4n) is 1.61. The van der Waals surface area contributed by atoms with Crippen LogP contribution in [0.15, 0.2) is 18.2 Å². The zero-order valence-electron chi connectivity index (χ0n) is 9.93. The highest BCUT2D eigenvalue weighted by molar-refractivity contribution is 6.30. The van der Waals surface area contributed by atoms with Crippen molar-refractivity contribution in [3.63, 3.8) is 0 Å². The molecule has 0 aliphatic carbocycles. The van der Waals surface area contributed by atoms with Gasteiger partial charge in [0.1, 0.15) is 5.82 Å². The highest BCUT2D eigenvalue weighted by Crippen LogP contribution is 2.26. The van der Waals surface area contributed by atoms with Crippen molar-refractivity contribution in [1.82, 2.24) is 4.90 Å². The summed E-state index contributed by atoms with van der Waals surface area (Å²) in [6.07, 6.45) is 0.459. The van der Waals surface area contributed by atoms with E-state index in [-0.39, 0.29) is 16.6 Å². The number of carboxylic acid groups (broad SMARTS) is 1. The molecule has 6 heteroatoms. The number of benzene rings is 1. The van der Waals surface area contributed by atoms with E-state index in [0.717, 1.165) is 11.0 Å². The van der Waals surface area contributed by atoms with Crippen molar-refractivity contribution in [2.24, 2.45) is 0 Å². The number of amides is 1. The summed E-state index contributed by atoms with van der Waals surface area (Å²) in [5, 5.41) is 9.03. The highest BCUT2D eigenvalue weighted by Gasteiger charge is 2.28. The number of halogens is 2. The second kappa shape index (κ2) is 5.82. The third kappa shape index (κ3) is 2.98. The van der Waals surface area contributed by atoms with E-state index in [1.165, 1.54) is 12.1 Å². The summed E-state index contributed by atoms with van der Waals surface area (Å²) in [5.41, 5.74) is 0.259. The van der Waals surface area contributed by atoms with Gasteiger partial charge in [-0.05, 0) is 31.5 Å². The minimum atomic E-state index is -1.20. The van der Waals surface area contributed by atoms with E-state index in [2.05, 4.69) is 0 Å². The summed E-state index contributed by atoms with van der Waals surface area (Å²) in [7, 11) is 0. The fourth-order valence-corrected chi connectivity index (χ4v) is 1.79. The molecule has 1 aromatic carbocycles. The molecule has 0 aliphatic heterocycles. The number of carbonyl (C=O) groups is 2. The van der Waals surface area contributed by atoms with Crippen LogP contribution in [0.3, 0.4) is 0 Å². The van der Waals surface area contributed by atoms with Gasteiger partial charge >= 0.3 is 5.97 Å². The van der Waals surface area contributed by atoms with Crippen molar-refractivity contribution in [2.75, 3.05) is 0 Å². The molecule has 1 atom stereocenters. The molecule has 0 aromatic heterocycles. The molecule has 98 valence electrons. The quantitative estimate of drug-likeness (QED) is 0.839. The number of aliphatic carboxylic acids is 1. The molecule has 0 saturated carbocycles. The van der Waals surface area contributed by atoms with Gasteiger partial charge in [-0.3, -0.25) is 4.79 Å². The van der Waals surface area contributed by atoms with Crippen LogP contribution < -0.4 is 0 Å². The first kappa shape index (κ1) is 14.4. The van der Waals surface area contributed by atoms with E-state index in [4.69, 9.17) is 11.6 Å². The summed E-state index contributed by atoms with van der Waals surface area (Å²) in [4.78, 5) is 23.4. The Hall–Kier alpha value is -1.62. The van der Waals surface area contributed by atoms with E-state index in [0.29, 0.717) is 6.41 Å². The Morgan fingerprint density at radius 3 is 2.50 bits per heavy atom. The molecule has 1 amide bonds. The number of carboxylic acids is 1. The van der Waals surface area contributed by atoms with Gasteiger partial charge < -0.3 is 10.0 Å². The Labute approximate surface area is 109 Å². The molecule has 0 saturated heterocycles. The summed E-state index contributed by atoms with van der Waals surface area (Å²) in [6, 6.07) is 2.12. The Morgan fingerprint density at radius 1 is 1.50 bits per heavy atom. The van der Waals surface area contributed by atoms with Crippen molar-refractivity contribution in [3.8, 4) is 0 Å². The van der Waals surface area contributed by atoms with Gasteiger partial charge in [-0.1, -0.05) is 17.7 Å². The summed E-state index contributed by atoms with van der Waals surface area (Å²) in [5.74, 6) is -1.83. The van der Waals surface area contributed by atoms with Gasteiger partial charge in [-0.25, -0.2) is 9.18 Å². The number of carbonyl (C=O) groups excluding carboxylic acids is 1. The van der Waals surface area contributed by atoms with Gasteiger partial charge in [-0.15, -0.1) is 0 Å². The molecule has 0 radical (unpaired) electrons. The molecule has 18 heavy (non-hydrogen) atoms. The van der Waals surface area contributed by atoms with Crippen LogP contribution >= 0.6 is 11.6 Å². The lowest BCUT2D eigenvalue weighted by Gasteiger charge is -2.28. The Bertz CT molecular complexity index is 465. The van der Waals surface area contributed by atoms with E-state index < -0.39 is 17.8 Å². The first-order chi connectivity index (χ1) is 8.38. The second-order valence-corrected chi connectivity index (χ2v) is 4.47. The largest absolute Gasteiger partial charge is 0.479 e. The van der Waals surface area contributed by atoms with Gasteiger partial charge in [0.05, 0.1) is 5.02 Å². The molecule has 1 rings (SSSR count). The van der Waals surface area contributed by atoms with Gasteiger partial charge in [0.2, 0.25) is 6.41 Å². The SMILES string of the molecule is CC(C)N(C=O)C(C(=O)O)c1ccc(F)c(Cl)c1. The minimum Gasteiger partial charge on any atom is -0.479 e. The number of nitrogens with zero attached hydrogens (tertiary/aromatic N) is 1. The number of hydrogen-bond acceptors (Lipinski definition) is 2. The monoisotopic (exact) mass is 273 g/mol. The third-order valence-corrected chi connectivity index (χ3v) is 2.80. The average molecular weight is 274 g/mol. The Balaban J connectivity index is 3.23. The van der Waals surface area contributed by atoms with E-state index >= 15 is 0 Å². The smallest absolute Gasteiger partial charge is 0.331 e. The van der Waals surface area contributed by atoms with Gasteiger partial charge in [0.25, 0.3) is 0 Å². The lowest BCUT2D eigenvalue weighted by molar-refractivity contribution is -0.148. The maximum absolute atomic E-state index is 13.0. The lowest BCUT2D eigenvalue weighted by Crippen LogP contribution is -2.38. The summed E-state index contributed by atoms with van der Waals surface area (Å²) >= 11 is 5.62. The molecular formula is C12H13ClFNO3. The third-order valence-electron chi connectivity index (χ3n) is 2.51. The molecule has 1 N–H and O–H groups in total. The maximum Gasteiger partial charge on any atom is 0.331 e. The van der Waals surface area contributed by atoms with Crippen LogP contribution in [-0.2, 0) is 9.59 Å². The fraction of sp³-hybridized carbons (Fsp3) is 0.333. The van der Waals surface area contributed by atoms with Crippen molar-refractivity contribution >= 4 is 24.0 Å². The van der Waals surface area contributed by atoms with Crippen molar-refractivity contribution in [3.05, 3.63) is 34.6 Å². The van der Waals surface area contributed by atoms with Crippen LogP contribution in [0, 0.1) is 5.82 Å². The summed E-state index contributed by atoms with van der Waals surface area (Å²) in [6.45, 7) is 3.38. The Kier molecular flexibility index (Phi) is 4.67. The molecule has 1 unspecified atom stereocenters. The second-order valence-electron chi connectivity index (χ2n) is 4.06. The zero-order chi connectivity index (χ0) is 13.9. The topological polar surface area (TPSA) is 57.6 Å². The van der Waals surface area contributed by atoms with Crippen molar-refractivity contribution in [2.45, 2.75) is 25.9 Å². The highest BCUT2D eigenvalue weighted by atomic mass is 35.5. The van der Waals surface area contributed by atoms with Gasteiger partial charge in [-0.2, -0.15) is 0 Å². The number of hydrogen-bond donors (Lipinski definition) is 1. The van der Waals surface area contributed by atoms with Crippen molar-refractivity contribution in [1.29, 1.82) is 0 Å². The van der Waals surface area contributed by atoms with Crippen LogP contribution in [-0.4, -0.2) is 28.4 Å². The van der Waals surface area contributed by atoms with Crippen molar-refractivity contribution < 1.29 is 19.1 Å². The molecule has 1 aromatic rings. The molecule has 0 fully saturated rings. The average Bonchev–Trinajstić information content (AvgIpc) is 2.28. The predicted molar refractivity (Wildman–Crippen MR) is 64.8 cm³/mol. The molecular weight excluding hydrogens is 261 g/mol. The predicted octanol–water partition coefficient (Wildman–Crippen LogP) is 2.47. The van der Waals surface area contributed by atoms with Gasteiger partial charge in [0, 0.05) is 6.04 Å². The van der Waals surface area contributed by atoms with Gasteiger partial charge in [0.15, 0.2) is 6.04 Å².